The minimum Gasteiger partial charge on any atom is -0.368 e. The molecule has 0 N–H and O–H groups in total. The van der Waals surface area contributed by atoms with Crippen molar-refractivity contribution in [1.29, 1.82) is 0 Å². The van der Waals surface area contributed by atoms with Crippen molar-refractivity contribution in [3.63, 3.8) is 0 Å². The first-order valence-corrected chi connectivity index (χ1v) is 7.93. The summed E-state index contributed by atoms with van der Waals surface area (Å²) in [5.74, 6) is 0.401. The van der Waals surface area contributed by atoms with E-state index >= 15 is 0 Å². The zero-order valence-corrected chi connectivity index (χ0v) is 14.3. The molecule has 2 rings (SSSR count). The smallest absolute Gasteiger partial charge is 0.251 e. The number of aromatic nitrogens is 2. The van der Waals surface area contributed by atoms with Gasteiger partial charge in [0.05, 0.1) is 11.9 Å². The molecule has 1 amide bonds. The van der Waals surface area contributed by atoms with Gasteiger partial charge in [0.1, 0.15) is 6.10 Å². The molecule has 1 aromatic carbocycles. The molecule has 0 aliphatic rings. The minimum atomic E-state index is -0.424. The molecule has 1 unspecified atom stereocenters. The Morgan fingerprint density at radius 3 is 2.61 bits per heavy atom. The highest BCUT2D eigenvalue weighted by atomic mass is 16.5. The zero-order chi connectivity index (χ0) is 16.8. The number of para-hydroxylation sites is 1. The van der Waals surface area contributed by atoms with Crippen molar-refractivity contribution in [1.82, 2.24) is 14.7 Å². The van der Waals surface area contributed by atoms with Crippen LogP contribution in [-0.2, 0) is 16.1 Å². The number of nitrogens with zero attached hydrogens (tertiary/aromatic N) is 3. The van der Waals surface area contributed by atoms with E-state index in [1.807, 2.05) is 41.2 Å². The lowest BCUT2D eigenvalue weighted by Gasteiger charge is -2.21. The van der Waals surface area contributed by atoms with Crippen LogP contribution in [0, 0.1) is 5.92 Å². The highest BCUT2D eigenvalue weighted by molar-refractivity contribution is 5.80. The van der Waals surface area contributed by atoms with Gasteiger partial charge in [0.2, 0.25) is 0 Å². The van der Waals surface area contributed by atoms with Gasteiger partial charge < -0.3 is 9.64 Å². The van der Waals surface area contributed by atoms with Crippen LogP contribution in [0.2, 0.25) is 0 Å². The molecule has 1 atom stereocenters. The Hall–Kier alpha value is -2.14. The number of ether oxygens (including phenoxy) is 1. The van der Waals surface area contributed by atoms with Crippen LogP contribution < -0.4 is 0 Å². The molecule has 5 nitrogen and oxygen atoms in total. The van der Waals surface area contributed by atoms with Crippen molar-refractivity contribution >= 4 is 5.91 Å². The highest BCUT2D eigenvalue weighted by Gasteiger charge is 2.19. The Kier molecular flexibility index (Phi) is 5.93. The summed E-state index contributed by atoms with van der Waals surface area (Å²) in [6.45, 7) is 7.04. The van der Waals surface area contributed by atoms with E-state index in [9.17, 15) is 4.79 Å². The van der Waals surface area contributed by atoms with E-state index in [1.54, 1.807) is 25.1 Å². The second kappa shape index (κ2) is 7.92. The molecule has 1 heterocycles. The number of hydrogen-bond acceptors (Lipinski definition) is 3. The van der Waals surface area contributed by atoms with Crippen molar-refractivity contribution in [2.75, 3.05) is 13.7 Å². The van der Waals surface area contributed by atoms with E-state index in [4.69, 9.17) is 4.74 Å². The number of carbonyl (C=O) groups is 1. The van der Waals surface area contributed by atoms with E-state index in [2.05, 4.69) is 18.9 Å². The molecule has 0 bridgehead atoms. The molecule has 0 aliphatic carbocycles. The molecular formula is C18H25N3O2. The third-order valence-electron chi connectivity index (χ3n) is 3.48. The zero-order valence-electron chi connectivity index (χ0n) is 14.3. The molecule has 5 heteroatoms. The Bertz CT molecular complexity index is 622. The fourth-order valence-corrected chi connectivity index (χ4v) is 2.23. The van der Waals surface area contributed by atoms with Crippen LogP contribution in [0.4, 0.5) is 0 Å². The van der Waals surface area contributed by atoms with Gasteiger partial charge in [-0.15, -0.1) is 0 Å². The Labute approximate surface area is 137 Å². The predicted octanol–water partition coefficient (Wildman–Crippen LogP) is 2.89. The number of benzene rings is 1. The van der Waals surface area contributed by atoms with Gasteiger partial charge in [0, 0.05) is 32.0 Å². The van der Waals surface area contributed by atoms with Gasteiger partial charge >= 0.3 is 0 Å². The van der Waals surface area contributed by atoms with Gasteiger partial charge in [-0.3, -0.25) is 4.79 Å². The van der Waals surface area contributed by atoms with Gasteiger partial charge in [-0.1, -0.05) is 32.0 Å². The van der Waals surface area contributed by atoms with Gasteiger partial charge in [-0.25, -0.2) is 4.68 Å². The maximum atomic E-state index is 12.3. The van der Waals surface area contributed by atoms with Crippen molar-refractivity contribution in [2.45, 2.75) is 33.4 Å². The standard InChI is InChI=1S/C18H25N3O2/c1-14(2)13-23-15(3)18(22)20(4)11-16-10-19-21(12-16)17-8-6-5-7-9-17/h5-10,12,14-15H,11,13H2,1-4H3. The first-order valence-electron chi connectivity index (χ1n) is 7.93. The van der Waals surface area contributed by atoms with Crippen LogP contribution in [-0.4, -0.2) is 40.3 Å². The molecule has 124 valence electrons. The van der Waals surface area contributed by atoms with E-state index in [0.29, 0.717) is 19.1 Å². The molecule has 0 saturated heterocycles. The van der Waals surface area contributed by atoms with E-state index in [1.165, 1.54) is 0 Å². The summed E-state index contributed by atoms with van der Waals surface area (Å²) in [5, 5.41) is 4.35. The summed E-state index contributed by atoms with van der Waals surface area (Å²) in [6, 6.07) is 9.90. The summed E-state index contributed by atoms with van der Waals surface area (Å²) >= 11 is 0. The van der Waals surface area contributed by atoms with Gasteiger partial charge in [-0.05, 0) is 25.0 Å². The van der Waals surface area contributed by atoms with E-state index in [-0.39, 0.29) is 5.91 Å². The minimum absolute atomic E-state index is 0.0156. The van der Waals surface area contributed by atoms with Crippen LogP contribution in [0.5, 0.6) is 0 Å². The third-order valence-corrected chi connectivity index (χ3v) is 3.48. The topological polar surface area (TPSA) is 47.4 Å². The predicted molar refractivity (Wildman–Crippen MR) is 90.3 cm³/mol. The average molecular weight is 315 g/mol. The molecular weight excluding hydrogens is 290 g/mol. The van der Waals surface area contributed by atoms with Gasteiger partial charge in [0.25, 0.3) is 5.91 Å². The molecule has 1 aromatic heterocycles. The van der Waals surface area contributed by atoms with E-state index < -0.39 is 6.10 Å². The number of likely N-dealkylation sites (N-methyl/N-ethyl adjacent to an activating group) is 1. The molecule has 0 saturated carbocycles. The van der Waals surface area contributed by atoms with Gasteiger partial charge in [0.15, 0.2) is 0 Å². The number of amides is 1. The van der Waals surface area contributed by atoms with Gasteiger partial charge in [-0.2, -0.15) is 5.10 Å². The fourth-order valence-electron chi connectivity index (χ4n) is 2.23. The third kappa shape index (κ3) is 4.93. The van der Waals surface area contributed by atoms with Crippen LogP contribution in [0.25, 0.3) is 5.69 Å². The Balaban J connectivity index is 1.94. The summed E-state index contributed by atoms with van der Waals surface area (Å²) in [4.78, 5) is 14.0. The van der Waals surface area contributed by atoms with Crippen molar-refractivity contribution in [2.24, 2.45) is 5.92 Å². The van der Waals surface area contributed by atoms with Crippen molar-refractivity contribution in [3.05, 3.63) is 48.3 Å². The summed E-state index contributed by atoms with van der Waals surface area (Å²) in [5.41, 5.74) is 1.99. The molecule has 0 fully saturated rings. The monoisotopic (exact) mass is 315 g/mol. The lowest BCUT2D eigenvalue weighted by Crippen LogP contribution is -2.36. The second-order valence-corrected chi connectivity index (χ2v) is 6.19. The SMILES string of the molecule is CC(C)COC(C)C(=O)N(C)Cc1cnn(-c2ccccc2)c1. The molecule has 0 spiro atoms. The molecule has 0 radical (unpaired) electrons. The lowest BCUT2D eigenvalue weighted by molar-refractivity contribution is -0.142. The van der Waals surface area contributed by atoms with Crippen LogP contribution >= 0.6 is 0 Å². The largest absolute Gasteiger partial charge is 0.368 e. The average Bonchev–Trinajstić information content (AvgIpc) is 3.01. The highest BCUT2D eigenvalue weighted by Crippen LogP contribution is 2.10. The van der Waals surface area contributed by atoms with Crippen LogP contribution in [0.3, 0.4) is 0 Å². The quantitative estimate of drug-likeness (QED) is 0.789. The van der Waals surface area contributed by atoms with Crippen molar-refractivity contribution < 1.29 is 9.53 Å². The van der Waals surface area contributed by atoms with E-state index in [0.717, 1.165) is 11.3 Å². The number of carbonyl (C=O) groups excluding carboxylic acids is 1. The lowest BCUT2D eigenvalue weighted by atomic mass is 10.2. The maximum Gasteiger partial charge on any atom is 0.251 e. The molecule has 2 aromatic rings. The second-order valence-electron chi connectivity index (χ2n) is 6.19. The number of hydrogen-bond donors (Lipinski definition) is 0. The molecule has 23 heavy (non-hydrogen) atoms. The number of rotatable bonds is 7. The fraction of sp³-hybridized carbons (Fsp3) is 0.444. The first kappa shape index (κ1) is 17.2. The Morgan fingerprint density at radius 2 is 1.96 bits per heavy atom. The first-order chi connectivity index (χ1) is 11.0. The Morgan fingerprint density at radius 1 is 1.26 bits per heavy atom. The maximum absolute atomic E-state index is 12.3. The summed E-state index contributed by atoms with van der Waals surface area (Å²) in [6.07, 6.45) is 3.31. The van der Waals surface area contributed by atoms with Crippen LogP contribution in [0.1, 0.15) is 26.3 Å². The van der Waals surface area contributed by atoms with Crippen molar-refractivity contribution in [3.8, 4) is 5.69 Å². The van der Waals surface area contributed by atoms with Crippen LogP contribution in [0.15, 0.2) is 42.7 Å². The summed E-state index contributed by atoms with van der Waals surface area (Å²) in [7, 11) is 1.79. The summed E-state index contributed by atoms with van der Waals surface area (Å²) < 4.78 is 7.40. The molecule has 0 aliphatic heterocycles. The normalized spacial score (nSPS) is 12.4.